The minimum absolute atomic E-state index is 0.736. The standard InChI is InChI=1S/C14H17N5OS/c1-3-15-13-11-7-16-19(2)14(11)18-12(17-13)9-21-8-10-5-4-6-20-10/h4-7H,3,8-9H2,1-2H3,(H,15,17,18). The molecule has 0 saturated carbocycles. The summed E-state index contributed by atoms with van der Waals surface area (Å²) in [5, 5.41) is 8.49. The molecular weight excluding hydrogens is 286 g/mol. The monoisotopic (exact) mass is 303 g/mol. The maximum absolute atomic E-state index is 5.32. The van der Waals surface area contributed by atoms with E-state index in [9.17, 15) is 0 Å². The number of aryl methyl sites for hydroxylation is 1. The van der Waals surface area contributed by atoms with Gasteiger partial charge in [-0.1, -0.05) is 0 Å². The second-order valence-electron chi connectivity index (χ2n) is 4.60. The molecule has 1 N–H and O–H groups in total. The van der Waals surface area contributed by atoms with Gasteiger partial charge in [-0.05, 0) is 19.1 Å². The van der Waals surface area contributed by atoms with Gasteiger partial charge in [-0.15, -0.1) is 11.8 Å². The van der Waals surface area contributed by atoms with Crippen molar-refractivity contribution in [2.75, 3.05) is 11.9 Å². The second-order valence-corrected chi connectivity index (χ2v) is 5.58. The van der Waals surface area contributed by atoms with Crippen LogP contribution in [0.3, 0.4) is 0 Å². The van der Waals surface area contributed by atoms with Crippen LogP contribution in [0.15, 0.2) is 29.0 Å². The molecule has 0 spiro atoms. The van der Waals surface area contributed by atoms with Crippen molar-refractivity contribution in [1.29, 1.82) is 0 Å². The Morgan fingerprint density at radius 3 is 3.00 bits per heavy atom. The van der Waals surface area contributed by atoms with Crippen LogP contribution in [0.4, 0.5) is 5.82 Å². The van der Waals surface area contributed by atoms with Gasteiger partial charge in [0, 0.05) is 13.6 Å². The first kappa shape index (κ1) is 13.9. The summed E-state index contributed by atoms with van der Waals surface area (Å²) in [4.78, 5) is 9.19. The van der Waals surface area contributed by atoms with Crippen molar-refractivity contribution in [3.8, 4) is 0 Å². The summed E-state index contributed by atoms with van der Waals surface area (Å²) < 4.78 is 7.10. The molecule has 3 rings (SSSR count). The van der Waals surface area contributed by atoms with Gasteiger partial charge in [-0.2, -0.15) is 5.10 Å². The Balaban J connectivity index is 1.79. The average molecular weight is 303 g/mol. The highest BCUT2D eigenvalue weighted by Gasteiger charge is 2.11. The van der Waals surface area contributed by atoms with Gasteiger partial charge in [0.25, 0.3) is 0 Å². The Morgan fingerprint density at radius 2 is 2.24 bits per heavy atom. The largest absolute Gasteiger partial charge is 0.468 e. The normalized spacial score (nSPS) is 11.1. The number of hydrogen-bond acceptors (Lipinski definition) is 6. The number of hydrogen-bond donors (Lipinski definition) is 1. The van der Waals surface area contributed by atoms with E-state index in [-0.39, 0.29) is 0 Å². The first-order valence-electron chi connectivity index (χ1n) is 6.80. The average Bonchev–Trinajstić information content (AvgIpc) is 3.10. The van der Waals surface area contributed by atoms with Crippen LogP contribution in [0.5, 0.6) is 0 Å². The van der Waals surface area contributed by atoms with Crippen LogP contribution in [0, 0.1) is 0 Å². The van der Waals surface area contributed by atoms with Crippen molar-refractivity contribution in [1.82, 2.24) is 19.7 Å². The van der Waals surface area contributed by atoms with E-state index < -0.39 is 0 Å². The fraction of sp³-hybridized carbons (Fsp3) is 0.357. The van der Waals surface area contributed by atoms with Crippen LogP contribution in [0.1, 0.15) is 18.5 Å². The Hall–Kier alpha value is -2.02. The molecule has 0 aliphatic rings. The van der Waals surface area contributed by atoms with E-state index in [4.69, 9.17) is 4.42 Å². The molecule has 0 unspecified atom stereocenters. The zero-order valence-corrected chi connectivity index (χ0v) is 12.9. The number of rotatable bonds is 6. The molecule has 0 aliphatic heterocycles. The van der Waals surface area contributed by atoms with Gasteiger partial charge in [0.05, 0.1) is 29.4 Å². The molecule has 0 fully saturated rings. The molecule has 3 heterocycles. The zero-order chi connectivity index (χ0) is 14.7. The lowest BCUT2D eigenvalue weighted by molar-refractivity contribution is 0.530. The molecule has 3 aromatic rings. The number of fused-ring (bicyclic) bond motifs is 1. The molecule has 0 bridgehead atoms. The Morgan fingerprint density at radius 1 is 1.33 bits per heavy atom. The van der Waals surface area contributed by atoms with Crippen molar-refractivity contribution >= 4 is 28.6 Å². The molecule has 0 amide bonds. The van der Waals surface area contributed by atoms with E-state index in [2.05, 4.69) is 27.3 Å². The molecule has 7 heteroatoms. The Bertz CT molecular complexity index is 722. The highest BCUT2D eigenvalue weighted by molar-refractivity contribution is 7.97. The summed E-state index contributed by atoms with van der Waals surface area (Å²) in [6, 6.07) is 3.87. The van der Waals surface area contributed by atoms with Gasteiger partial charge >= 0.3 is 0 Å². The van der Waals surface area contributed by atoms with E-state index in [0.717, 1.165) is 46.5 Å². The summed E-state index contributed by atoms with van der Waals surface area (Å²) >= 11 is 1.73. The van der Waals surface area contributed by atoms with Crippen molar-refractivity contribution in [3.05, 3.63) is 36.2 Å². The summed E-state index contributed by atoms with van der Waals surface area (Å²) in [6.07, 6.45) is 3.49. The quantitative estimate of drug-likeness (QED) is 0.755. The predicted octanol–water partition coefficient (Wildman–Crippen LogP) is 2.82. The summed E-state index contributed by atoms with van der Waals surface area (Å²) in [7, 11) is 1.89. The molecule has 0 saturated heterocycles. The fourth-order valence-corrected chi connectivity index (χ4v) is 2.85. The molecule has 0 aromatic carbocycles. The lowest BCUT2D eigenvalue weighted by Gasteiger charge is -2.07. The van der Waals surface area contributed by atoms with E-state index in [1.165, 1.54) is 0 Å². The van der Waals surface area contributed by atoms with Crippen molar-refractivity contribution in [2.45, 2.75) is 18.4 Å². The highest BCUT2D eigenvalue weighted by atomic mass is 32.2. The van der Waals surface area contributed by atoms with Gasteiger partial charge < -0.3 is 9.73 Å². The van der Waals surface area contributed by atoms with Gasteiger partial charge in [-0.25, -0.2) is 9.97 Å². The highest BCUT2D eigenvalue weighted by Crippen LogP contribution is 2.22. The van der Waals surface area contributed by atoms with Gasteiger partial charge in [0.2, 0.25) is 0 Å². The lowest BCUT2D eigenvalue weighted by Crippen LogP contribution is -2.05. The van der Waals surface area contributed by atoms with Crippen LogP contribution in [0.2, 0.25) is 0 Å². The maximum atomic E-state index is 5.32. The first-order valence-corrected chi connectivity index (χ1v) is 7.96. The number of thioether (sulfide) groups is 1. The molecular formula is C14H17N5OS. The molecule has 110 valence electrons. The van der Waals surface area contributed by atoms with E-state index >= 15 is 0 Å². The molecule has 0 aliphatic carbocycles. The van der Waals surface area contributed by atoms with Gasteiger partial charge in [0.1, 0.15) is 17.4 Å². The first-order chi connectivity index (χ1) is 10.3. The third-order valence-corrected chi connectivity index (χ3v) is 3.99. The van der Waals surface area contributed by atoms with Crippen LogP contribution in [-0.2, 0) is 18.6 Å². The number of aromatic nitrogens is 4. The lowest BCUT2D eigenvalue weighted by atomic mass is 10.4. The van der Waals surface area contributed by atoms with Crippen molar-refractivity contribution in [2.24, 2.45) is 7.05 Å². The minimum Gasteiger partial charge on any atom is -0.468 e. The third kappa shape index (κ3) is 3.02. The summed E-state index contributed by atoms with van der Waals surface area (Å²) in [5.74, 6) is 4.17. The van der Waals surface area contributed by atoms with Gasteiger partial charge in [0.15, 0.2) is 5.65 Å². The van der Waals surface area contributed by atoms with E-state index in [1.54, 1.807) is 28.9 Å². The van der Waals surface area contributed by atoms with Crippen LogP contribution in [-0.4, -0.2) is 26.3 Å². The summed E-state index contributed by atoms with van der Waals surface area (Å²) in [6.45, 7) is 2.87. The molecule has 21 heavy (non-hydrogen) atoms. The van der Waals surface area contributed by atoms with Crippen molar-refractivity contribution in [3.63, 3.8) is 0 Å². The zero-order valence-electron chi connectivity index (χ0n) is 12.0. The van der Waals surface area contributed by atoms with E-state index in [0.29, 0.717) is 0 Å². The fourth-order valence-electron chi connectivity index (χ4n) is 2.07. The number of furan rings is 1. The van der Waals surface area contributed by atoms with E-state index in [1.807, 2.05) is 19.2 Å². The smallest absolute Gasteiger partial charge is 0.163 e. The van der Waals surface area contributed by atoms with Crippen LogP contribution < -0.4 is 5.32 Å². The number of nitrogens with zero attached hydrogens (tertiary/aromatic N) is 4. The van der Waals surface area contributed by atoms with Crippen molar-refractivity contribution < 1.29 is 4.42 Å². The Kier molecular flexibility index (Phi) is 4.10. The SMILES string of the molecule is CCNc1nc(CSCc2ccco2)nc2c1cnn2C. The molecule has 0 atom stereocenters. The van der Waals surface area contributed by atoms with Crippen LogP contribution in [0.25, 0.3) is 11.0 Å². The minimum atomic E-state index is 0.736. The summed E-state index contributed by atoms with van der Waals surface area (Å²) in [5.41, 5.74) is 0.856. The van der Waals surface area contributed by atoms with Crippen LogP contribution >= 0.6 is 11.8 Å². The third-order valence-electron chi connectivity index (χ3n) is 3.04. The molecule has 0 radical (unpaired) electrons. The second kappa shape index (κ2) is 6.17. The van der Waals surface area contributed by atoms with Gasteiger partial charge in [-0.3, -0.25) is 4.68 Å². The maximum Gasteiger partial charge on any atom is 0.163 e. The molecule has 6 nitrogen and oxygen atoms in total. The molecule has 3 aromatic heterocycles. The Labute approximate surface area is 127 Å². The predicted molar refractivity (Wildman–Crippen MR) is 84.2 cm³/mol. The number of nitrogens with one attached hydrogen (secondary N) is 1. The number of anilines is 1. The topological polar surface area (TPSA) is 68.8 Å².